The molecule has 2 unspecified atom stereocenters. The highest BCUT2D eigenvalue weighted by Crippen LogP contribution is 2.37. The first-order chi connectivity index (χ1) is 22.6. The molecule has 1 amide bonds. The fourth-order valence-corrected chi connectivity index (χ4v) is 6.63. The minimum atomic E-state index is -1.82. The molecule has 3 aliphatic heterocycles. The molecule has 2 aliphatic carbocycles. The Morgan fingerprint density at radius 2 is 1.35 bits per heavy atom. The van der Waals surface area contributed by atoms with Gasteiger partial charge in [0.2, 0.25) is 0 Å². The van der Waals surface area contributed by atoms with Crippen molar-refractivity contribution in [1.82, 2.24) is 5.32 Å². The summed E-state index contributed by atoms with van der Waals surface area (Å²) in [6, 6.07) is -5.21. The number of amides is 1. The zero-order chi connectivity index (χ0) is 35.2. The normalized spacial score (nSPS) is 52.6. The summed E-state index contributed by atoms with van der Waals surface area (Å²) in [4.78, 5) is 12.8. The number of carbonyl (C=O) groups excluding carboxylic acids is 1. The van der Waals surface area contributed by atoms with Crippen molar-refractivity contribution in [2.24, 2.45) is 34.4 Å². The number of hydrogen-bond acceptors (Lipinski definition) is 20. The molecular formula is C27H51N7O14. The van der Waals surface area contributed by atoms with Gasteiger partial charge in [-0.05, 0) is 6.42 Å². The number of nitrogens with two attached hydrogens (primary N) is 6. The van der Waals surface area contributed by atoms with Crippen LogP contribution in [0.3, 0.4) is 0 Å². The molecule has 0 bridgehead atoms. The molecule has 20 atom stereocenters. The van der Waals surface area contributed by atoms with Crippen LogP contribution in [-0.4, -0.2) is 183 Å². The van der Waals surface area contributed by atoms with Gasteiger partial charge in [0.1, 0.15) is 54.9 Å². The molecule has 3 heterocycles. The maximum atomic E-state index is 12.8. The standard InChI is InChI=1S/C27H51N7O14/c28-4-7-1-10(36)14(32)23(43-7)46-20-8(30)2-9(34-26(41)27(42)3-13(27)31)16(37)22(20)48-25-19(40)21(12(6-35)45-25)47-24-15(33)18(39)17(38)11(5-29)44-24/h7-25,35-40,42H,1-6,28-33H2,(H,34,41)/t7-,8-,9+,10-,11-,12+,13?,14+,15+,16-,17+,18+,19+,20+,21+,22+,23+,24+,25-,27?/m0/s1. The fourth-order valence-electron chi connectivity index (χ4n) is 6.63. The number of nitrogens with one attached hydrogen (secondary N) is 1. The fraction of sp³-hybridized carbons (Fsp3) is 0.963. The highest BCUT2D eigenvalue weighted by atomic mass is 16.8. The van der Waals surface area contributed by atoms with E-state index in [1.807, 2.05) is 0 Å². The van der Waals surface area contributed by atoms with Crippen molar-refractivity contribution in [3.63, 3.8) is 0 Å². The van der Waals surface area contributed by atoms with E-state index in [0.717, 1.165) is 0 Å². The summed E-state index contributed by atoms with van der Waals surface area (Å²) in [5.74, 6) is -0.825. The molecule has 0 aromatic heterocycles. The molecule has 21 heteroatoms. The van der Waals surface area contributed by atoms with E-state index < -0.39 is 134 Å². The summed E-state index contributed by atoms with van der Waals surface area (Å²) < 4.78 is 35.3. The number of carbonyl (C=O) groups is 1. The van der Waals surface area contributed by atoms with E-state index in [2.05, 4.69) is 5.32 Å². The number of hydrogen-bond donors (Lipinski definition) is 14. The van der Waals surface area contributed by atoms with Crippen LogP contribution in [0.4, 0.5) is 0 Å². The quantitative estimate of drug-likeness (QED) is 0.0952. The Kier molecular flexibility index (Phi) is 12.0. The van der Waals surface area contributed by atoms with Crippen LogP contribution in [0.25, 0.3) is 0 Å². The molecule has 20 N–H and O–H groups in total. The molecule has 0 spiro atoms. The maximum Gasteiger partial charge on any atom is 0.253 e. The van der Waals surface area contributed by atoms with Gasteiger partial charge in [0, 0.05) is 38.0 Å². The molecule has 0 aromatic carbocycles. The van der Waals surface area contributed by atoms with Gasteiger partial charge in [-0.1, -0.05) is 0 Å². The first-order valence-electron chi connectivity index (χ1n) is 16.0. The zero-order valence-corrected chi connectivity index (χ0v) is 26.2. The van der Waals surface area contributed by atoms with Crippen molar-refractivity contribution < 1.29 is 69.0 Å². The molecule has 5 rings (SSSR count). The third-order valence-electron chi connectivity index (χ3n) is 9.89. The van der Waals surface area contributed by atoms with Crippen molar-refractivity contribution in [2.75, 3.05) is 19.7 Å². The summed E-state index contributed by atoms with van der Waals surface area (Å²) in [5, 5.41) is 77.0. The first kappa shape index (κ1) is 38.0. The highest BCUT2D eigenvalue weighted by molar-refractivity contribution is 5.89. The van der Waals surface area contributed by atoms with Crippen LogP contribution in [0.2, 0.25) is 0 Å². The molecule has 2 saturated carbocycles. The van der Waals surface area contributed by atoms with E-state index in [1.54, 1.807) is 0 Å². The lowest BCUT2D eigenvalue weighted by molar-refractivity contribution is -0.295. The average Bonchev–Trinajstić information content (AvgIpc) is 3.58. The Hall–Kier alpha value is -1.29. The van der Waals surface area contributed by atoms with Gasteiger partial charge in [-0.3, -0.25) is 4.79 Å². The van der Waals surface area contributed by atoms with Gasteiger partial charge >= 0.3 is 0 Å². The Bertz CT molecular complexity index is 1100. The van der Waals surface area contributed by atoms with Crippen molar-refractivity contribution in [2.45, 2.75) is 141 Å². The molecule has 21 nitrogen and oxygen atoms in total. The van der Waals surface area contributed by atoms with Crippen LogP contribution in [0.15, 0.2) is 0 Å². The Morgan fingerprint density at radius 3 is 1.96 bits per heavy atom. The SMILES string of the molecule is NC[C@@H]1C[C@H](O)[C@@H](N)[C@@H](O[C@H]2[C@H](O[C@@H]3O[C@H](CO)[C@@H](O[C@H]4O[C@@H](CN)[C@@H](O)[C@H](O)[C@H]4N)[C@H]3O)[C@@H](O)[C@H](NC(=O)C3(O)CC3N)C[C@@H]2N)O1. The van der Waals surface area contributed by atoms with Crippen LogP contribution in [0, 0.1) is 0 Å². The van der Waals surface area contributed by atoms with Gasteiger partial charge in [0.05, 0.1) is 36.9 Å². The number of ether oxygens (including phenoxy) is 6. The summed E-state index contributed by atoms with van der Waals surface area (Å²) >= 11 is 0. The van der Waals surface area contributed by atoms with Crippen molar-refractivity contribution in [1.29, 1.82) is 0 Å². The van der Waals surface area contributed by atoms with Gasteiger partial charge < -0.3 is 104 Å². The van der Waals surface area contributed by atoms with Crippen molar-refractivity contribution in [3.8, 4) is 0 Å². The average molecular weight is 698 g/mol. The Morgan fingerprint density at radius 1 is 0.750 bits per heavy atom. The van der Waals surface area contributed by atoms with E-state index in [1.165, 1.54) is 0 Å². The minimum Gasteiger partial charge on any atom is -0.394 e. The smallest absolute Gasteiger partial charge is 0.253 e. The van der Waals surface area contributed by atoms with E-state index in [4.69, 9.17) is 62.8 Å². The topological polar surface area (TPSA) is 382 Å². The summed E-state index contributed by atoms with van der Waals surface area (Å²) in [6.07, 6.45) is -18.4. The minimum absolute atomic E-state index is 0.0172. The summed E-state index contributed by atoms with van der Waals surface area (Å²) in [6.45, 7) is -0.837. The Labute approximate surface area is 275 Å². The molecule has 0 radical (unpaired) electrons. The van der Waals surface area contributed by atoms with Gasteiger partial charge in [0.25, 0.3) is 5.91 Å². The van der Waals surface area contributed by atoms with Gasteiger partial charge in [0.15, 0.2) is 24.5 Å². The second-order valence-electron chi connectivity index (χ2n) is 13.3. The molecule has 5 fully saturated rings. The monoisotopic (exact) mass is 697 g/mol. The van der Waals surface area contributed by atoms with Gasteiger partial charge in [-0.2, -0.15) is 0 Å². The number of aliphatic hydroxyl groups is 7. The number of aliphatic hydroxyl groups excluding tert-OH is 6. The lowest BCUT2D eigenvalue weighted by Crippen LogP contribution is -2.68. The van der Waals surface area contributed by atoms with E-state index in [9.17, 15) is 40.5 Å². The molecule has 0 aromatic rings. The number of rotatable bonds is 11. The first-order valence-corrected chi connectivity index (χ1v) is 16.0. The van der Waals surface area contributed by atoms with Crippen LogP contribution in [0.1, 0.15) is 19.3 Å². The maximum absolute atomic E-state index is 12.8. The molecule has 48 heavy (non-hydrogen) atoms. The van der Waals surface area contributed by atoms with E-state index in [0.29, 0.717) is 0 Å². The lowest BCUT2D eigenvalue weighted by Gasteiger charge is -2.47. The van der Waals surface area contributed by atoms with Crippen LogP contribution >= 0.6 is 0 Å². The van der Waals surface area contributed by atoms with Gasteiger partial charge in [-0.15, -0.1) is 0 Å². The lowest BCUT2D eigenvalue weighted by atomic mass is 9.83. The van der Waals surface area contributed by atoms with Crippen molar-refractivity contribution in [3.05, 3.63) is 0 Å². The molecule has 5 aliphatic rings. The summed E-state index contributed by atoms with van der Waals surface area (Å²) in [7, 11) is 0. The molecular weight excluding hydrogens is 646 g/mol. The third kappa shape index (κ3) is 7.36. The zero-order valence-electron chi connectivity index (χ0n) is 26.2. The molecule has 278 valence electrons. The predicted molar refractivity (Wildman–Crippen MR) is 158 cm³/mol. The highest BCUT2D eigenvalue weighted by Gasteiger charge is 2.59. The van der Waals surface area contributed by atoms with E-state index in [-0.39, 0.29) is 32.4 Å². The third-order valence-corrected chi connectivity index (χ3v) is 9.89. The largest absolute Gasteiger partial charge is 0.394 e. The van der Waals surface area contributed by atoms with Crippen LogP contribution in [-0.2, 0) is 33.2 Å². The van der Waals surface area contributed by atoms with Crippen LogP contribution in [0.5, 0.6) is 0 Å². The van der Waals surface area contributed by atoms with Crippen molar-refractivity contribution >= 4 is 5.91 Å². The van der Waals surface area contributed by atoms with Gasteiger partial charge in [-0.25, -0.2) is 0 Å². The van der Waals surface area contributed by atoms with E-state index >= 15 is 0 Å². The van der Waals surface area contributed by atoms with Crippen LogP contribution < -0.4 is 39.7 Å². The Balaban J connectivity index is 1.36. The second kappa shape index (κ2) is 15.1. The second-order valence-corrected chi connectivity index (χ2v) is 13.3. The predicted octanol–water partition coefficient (Wildman–Crippen LogP) is -9.25. The molecule has 3 saturated heterocycles. The summed E-state index contributed by atoms with van der Waals surface area (Å²) in [5.41, 5.74) is 34.0.